The van der Waals surface area contributed by atoms with Gasteiger partial charge in [-0.2, -0.15) is 0 Å². The Morgan fingerprint density at radius 2 is 1.55 bits per heavy atom. The molecule has 0 saturated heterocycles. The van der Waals surface area contributed by atoms with Crippen LogP contribution in [0.25, 0.3) is 5.57 Å². The lowest BCUT2D eigenvalue weighted by Gasteiger charge is -2.19. The molecule has 242 valence electrons. The Bertz CT molecular complexity index is 1850. The largest absolute Gasteiger partial charge is 0.481 e. The van der Waals surface area contributed by atoms with Crippen molar-refractivity contribution in [3.63, 3.8) is 0 Å². The number of carbonyl (C=O) groups excluding carboxylic acids is 2. The first-order valence-corrected chi connectivity index (χ1v) is 17.4. The predicted octanol–water partition coefficient (Wildman–Crippen LogP) is 6.79. The Balaban J connectivity index is 1.36. The van der Waals surface area contributed by atoms with Crippen LogP contribution in [0.3, 0.4) is 0 Å². The van der Waals surface area contributed by atoms with E-state index in [0.717, 1.165) is 36.0 Å². The van der Waals surface area contributed by atoms with E-state index in [1.54, 1.807) is 60.7 Å². The Morgan fingerprint density at radius 1 is 0.809 bits per heavy atom. The summed E-state index contributed by atoms with van der Waals surface area (Å²) in [6.07, 6.45) is 6.90. The normalized spacial score (nSPS) is 13.7. The quantitative estimate of drug-likeness (QED) is 0.146. The van der Waals surface area contributed by atoms with E-state index < -0.39 is 21.7 Å². The second-order valence-electron chi connectivity index (χ2n) is 11.7. The summed E-state index contributed by atoms with van der Waals surface area (Å²) in [7, 11) is -3.65. The highest BCUT2D eigenvalue weighted by Gasteiger charge is 2.23. The first-order chi connectivity index (χ1) is 22.7. The minimum Gasteiger partial charge on any atom is -0.481 e. The summed E-state index contributed by atoms with van der Waals surface area (Å²) in [5.74, 6) is -2.41. The van der Waals surface area contributed by atoms with Crippen LogP contribution in [0.1, 0.15) is 70.6 Å². The van der Waals surface area contributed by atoms with Crippen molar-refractivity contribution in [3.05, 3.63) is 137 Å². The molecule has 0 spiro atoms. The molecule has 2 amide bonds. The SMILES string of the molecule is O=C(O)CCNC(=O)c1ccc(CC(C(=O)Nc2cccc(S(=O)(=O)Cc3ccccc3)c2)c2ccc(C3=CCCCC3)cc2)cc1. The molecule has 47 heavy (non-hydrogen) atoms. The van der Waals surface area contributed by atoms with Gasteiger partial charge >= 0.3 is 5.97 Å². The van der Waals surface area contributed by atoms with Crippen molar-refractivity contribution in [1.82, 2.24) is 5.32 Å². The molecule has 0 aliphatic heterocycles. The van der Waals surface area contributed by atoms with E-state index in [2.05, 4.69) is 16.7 Å². The fraction of sp³-hybridized carbons (Fsp3) is 0.237. The molecule has 0 fully saturated rings. The van der Waals surface area contributed by atoms with Crippen molar-refractivity contribution >= 4 is 38.9 Å². The summed E-state index contributed by atoms with van der Waals surface area (Å²) >= 11 is 0. The van der Waals surface area contributed by atoms with Crippen LogP contribution in [0, 0.1) is 0 Å². The molecule has 0 aromatic heterocycles. The van der Waals surface area contributed by atoms with E-state index in [9.17, 15) is 22.8 Å². The average molecular weight is 651 g/mol. The molecule has 3 N–H and O–H groups in total. The van der Waals surface area contributed by atoms with Crippen molar-refractivity contribution in [2.45, 2.75) is 55.1 Å². The van der Waals surface area contributed by atoms with Gasteiger partial charge in [0.25, 0.3) is 5.91 Å². The summed E-state index contributed by atoms with van der Waals surface area (Å²) in [6.45, 7) is 0.0276. The maximum Gasteiger partial charge on any atom is 0.305 e. The van der Waals surface area contributed by atoms with Crippen LogP contribution in [-0.4, -0.2) is 37.9 Å². The van der Waals surface area contributed by atoms with Crippen LogP contribution in [0.15, 0.2) is 114 Å². The fourth-order valence-corrected chi connectivity index (χ4v) is 7.07. The van der Waals surface area contributed by atoms with Gasteiger partial charge in [0, 0.05) is 17.8 Å². The minimum atomic E-state index is -3.65. The van der Waals surface area contributed by atoms with Crippen molar-refractivity contribution in [2.24, 2.45) is 0 Å². The van der Waals surface area contributed by atoms with E-state index in [0.29, 0.717) is 23.2 Å². The van der Waals surface area contributed by atoms with Gasteiger partial charge < -0.3 is 15.7 Å². The number of allylic oxidation sites excluding steroid dienone is 2. The van der Waals surface area contributed by atoms with Gasteiger partial charge in [-0.25, -0.2) is 8.42 Å². The average Bonchev–Trinajstić information content (AvgIpc) is 3.08. The first-order valence-electron chi connectivity index (χ1n) is 15.7. The molecule has 9 heteroatoms. The highest BCUT2D eigenvalue weighted by molar-refractivity contribution is 7.90. The molecule has 5 rings (SSSR count). The predicted molar refractivity (Wildman–Crippen MR) is 183 cm³/mol. The topological polar surface area (TPSA) is 130 Å². The molecule has 0 heterocycles. The summed E-state index contributed by atoms with van der Waals surface area (Å²) in [6, 6.07) is 30.2. The summed E-state index contributed by atoms with van der Waals surface area (Å²) in [5, 5.41) is 14.4. The fourth-order valence-electron chi connectivity index (χ4n) is 5.68. The van der Waals surface area contributed by atoms with Gasteiger partial charge in [0.1, 0.15) is 0 Å². The number of sulfone groups is 1. The van der Waals surface area contributed by atoms with Crippen LogP contribution in [0.4, 0.5) is 5.69 Å². The number of rotatable bonds is 13. The second-order valence-corrected chi connectivity index (χ2v) is 13.7. The number of benzene rings is 4. The Labute approximate surface area is 275 Å². The molecule has 4 aromatic carbocycles. The summed E-state index contributed by atoms with van der Waals surface area (Å²) in [4.78, 5) is 37.2. The van der Waals surface area contributed by atoms with Crippen LogP contribution < -0.4 is 10.6 Å². The lowest BCUT2D eigenvalue weighted by Crippen LogP contribution is -2.26. The van der Waals surface area contributed by atoms with Gasteiger partial charge in [-0.05, 0) is 90.3 Å². The Morgan fingerprint density at radius 3 is 2.23 bits per heavy atom. The van der Waals surface area contributed by atoms with Crippen molar-refractivity contribution in [1.29, 1.82) is 0 Å². The molecule has 1 aliphatic carbocycles. The van der Waals surface area contributed by atoms with Crippen molar-refractivity contribution in [3.8, 4) is 0 Å². The van der Waals surface area contributed by atoms with Gasteiger partial charge in [-0.3, -0.25) is 14.4 Å². The number of hydrogen-bond acceptors (Lipinski definition) is 5. The number of aliphatic carboxylic acids is 1. The maximum atomic E-state index is 13.9. The monoisotopic (exact) mass is 650 g/mol. The van der Waals surface area contributed by atoms with Gasteiger partial charge in [-0.1, -0.05) is 78.9 Å². The number of carbonyl (C=O) groups is 3. The molecular weight excluding hydrogens is 612 g/mol. The smallest absolute Gasteiger partial charge is 0.305 e. The zero-order valence-corrected chi connectivity index (χ0v) is 26.8. The van der Waals surface area contributed by atoms with Crippen LogP contribution >= 0.6 is 0 Å². The number of anilines is 1. The van der Waals surface area contributed by atoms with E-state index >= 15 is 0 Å². The number of carboxylic acids is 1. The zero-order valence-electron chi connectivity index (χ0n) is 26.0. The maximum absolute atomic E-state index is 13.9. The molecule has 0 saturated carbocycles. The van der Waals surface area contributed by atoms with E-state index in [-0.39, 0.29) is 35.4 Å². The molecule has 4 aromatic rings. The molecule has 1 aliphatic rings. The molecule has 1 unspecified atom stereocenters. The standard InChI is InChI=1S/C38H38N2O6S/c41-36(42)22-23-39-37(43)32-16-14-27(15-17-32)24-35(31-20-18-30(19-21-31)29-10-5-2-6-11-29)38(44)40-33-12-7-13-34(25-33)47(45,46)26-28-8-3-1-4-9-28/h1,3-4,7-10,12-21,25,35H,2,5-6,11,22-24,26H2,(H,39,43)(H,40,44)(H,41,42). The molecule has 1 atom stereocenters. The van der Waals surface area contributed by atoms with Crippen molar-refractivity contribution in [2.75, 3.05) is 11.9 Å². The zero-order chi connectivity index (χ0) is 33.2. The minimum absolute atomic E-state index is 0.0276. The van der Waals surface area contributed by atoms with Gasteiger partial charge in [0.2, 0.25) is 5.91 Å². The third-order valence-electron chi connectivity index (χ3n) is 8.23. The number of amides is 2. The highest BCUT2D eigenvalue weighted by atomic mass is 32.2. The van der Waals surface area contributed by atoms with Gasteiger partial charge in [-0.15, -0.1) is 0 Å². The Hall–Kier alpha value is -5.02. The van der Waals surface area contributed by atoms with Crippen LogP contribution in [0.2, 0.25) is 0 Å². The Kier molecular flexibility index (Phi) is 11.0. The van der Waals surface area contributed by atoms with E-state index in [1.807, 2.05) is 30.3 Å². The number of carboxylic acid groups (broad SMARTS) is 1. The van der Waals surface area contributed by atoms with Gasteiger partial charge in [0.15, 0.2) is 9.84 Å². The number of nitrogens with one attached hydrogen (secondary N) is 2. The van der Waals surface area contributed by atoms with E-state index in [1.165, 1.54) is 24.1 Å². The molecule has 8 nitrogen and oxygen atoms in total. The third kappa shape index (κ3) is 9.26. The summed E-state index contributed by atoms with van der Waals surface area (Å²) in [5.41, 5.74) is 5.54. The number of hydrogen-bond donors (Lipinski definition) is 3. The highest BCUT2D eigenvalue weighted by Crippen LogP contribution is 2.30. The molecule has 0 radical (unpaired) electrons. The first kappa shape index (κ1) is 33.3. The van der Waals surface area contributed by atoms with Crippen LogP contribution in [0.5, 0.6) is 0 Å². The van der Waals surface area contributed by atoms with Crippen molar-refractivity contribution < 1.29 is 27.9 Å². The summed E-state index contributed by atoms with van der Waals surface area (Å²) < 4.78 is 26.4. The second kappa shape index (κ2) is 15.5. The van der Waals surface area contributed by atoms with Crippen LogP contribution in [-0.2, 0) is 31.6 Å². The van der Waals surface area contributed by atoms with E-state index in [4.69, 9.17) is 5.11 Å². The molecule has 0 bridgehead atoms. The lowest BCUT2D eigenvalue weighted by molar-refractivity contribution is -0.136. The third-order valence-corrected chi connectivity index (χ3v) is 9.92. The molecular formula is C38H38N2O6S. The lowest BCUT2D eigenvalue weighted by atomic mass is 9.88. The van der Waals surface area contributed by atoms with Gasteiger partial charge in [0.05, 0.1) is 23.0 Å².